The molecule has 0 aromatic rings. The highest BCUT2D eigenvalue weighted by Gasteiger charge is 2.44. The van der Waals surface area contributed by atoms with Crippen molar-refractivity contribution < 1.29 is 4.79 Å². The molecule has 0 atom stereocenters. The highest BCUT2D eigenvalue weighted by Crippen LogP contribution is 2.48. The van der Waals surface area contributed by atoms with Crippen LogP contribution in [0.3, 0.4) is 0 Å². The molecule has 2 aliphatic carbocycles. The van der Waals surface area contributed by atoms with Gasteiger partial charge in [-0.25, -0.2) is 0 Å². The van der Waals surface area contributed by atoms with Crippen molar-refractivity contribution in [3.05, 3.63) is 11.8 Å². The van der Waals surface area contributed by atoms with Crippen LogP contribution in [0.15, 0.2) is 11.8 Å². The molecule has 0 aliphatic heterocycles. The summed E-state index contributed by atoms with van der Waals surface area (Å²) in [5.41, 5.74) is 1.11. The predicted octanol–water partition coefficient (Wildman–Crippen LogP) is 2.75. The lowest BCUT2D eigenvalue weighted by molar-refractivity contribution is -0.124. The number of rotatable bonds is 1. The summed E-state index contributed by atoms with van der Waals surface area (Å²) in [6, 6.07) is 0. The van der Waals surface area contributed by atoms with Crippen LogP contribution >= 0.6 is 0 Å². The molecule has 1 spiro atoms. The number of nitrogens with zero attached hydrogens (tertiary/aromatic N) is 1. The first-order chi connectivity index (χ1) is 7.14. The molecule has 0 N–H and O–H groups in total. The largest absolute Gasteiger partial charge is 0.383 e. The number of carbonyl (C=O) groups excluding carboxylic acids is 1. The standard InChI is InChI=1S/C13H21NO/c1-14(2)10-11-6-9-13(12(11)15)7-4-3-5-8-13/h10H,3-9H2,1-2H3/b11-10-. The van der Waals surface area contributed by atoms with E-state index in [9.17, 15) is 4.79 Å². The number of hydrogen-bond donors (Lipinski definition) is 0. The van der Waals surface area contributed by atoms with Crippen molar-refractivity contribution >= 4 is 5.78 Å². The summed E-state index contributed by atoms with van der Waals surface area (Å²) >= 11 is 0. The molecule has 2 aliphatic rings. The molecule has 2 heteroatoms. The molecule has 0 saturated heterocycles. The first kappa shape index (κ1) is 10.7. The fraction of sp³-hybridized carbons (Fsp3) is 0.769. The normalized spacial score (nSPS) is 27.6. The maximum absolute atomic E-state index is 12.3. The van der Waals surface area contributed by atoms with Crippen molar-refractivity contribution in [2.24, 2.45) is 5.41 Å². The van der Waals surface area contributed by atoms with Gasteiger partial charge < -0.3 is 4.90 Å². The highest BCUT2D eigenvalue weighted by molar-refractivity contribution is 6.02. The summed E-state index contributed by atoms with van der Waals surface area (Å²) in [6.07, 6.45) is 10.2. The van der Waals surface area contributed by atoms with E-state index in [1.165, 1.54) is 19.3 Å². The molecular weight excluding hydrogens is 186 g/mol. The van der Waals surface area contributed by atoms with Gasteiger partial charge >= 0.3 is 0 Å². The van der Waals surface area contributed by atoms with Gasteiger partial charge in [-0.2, -0.15) is 0 Å². The smallest absolute Gasteiger partial charge is 0.166 e. The minimum atomic E-state index is 0.0556. The molecule has 0 unspecified atom stereocenters. The Labute approximate surface area is 92.3 Å². The van der Waals surface area contributed by atoms with Crippen molar-refractivity contribution in [2.75, 3.05) is 14.1 Å². The molecule has 84 valence electrons. The van der Waals surface area contributed by atoms with Crippen molar-refractivity contribution in [1.82, 2.24) is 4.90 Å². The van der Waals surface area contributed by atoms with E-state index in [0.717, 1.165) is 31.3 Å². The minimum Gasteiger partial charge on any atom is -0.383 e. The number of Topliss-reactive ketones (excluding diaryl/α,β-unsaturated/α-hetero) is 1. The van der Waals surface area contributed by atoms with Crippen molar-refractivity contribution in [2.45, 2.75) is 44.9 Å². The average Bonchev–Trinajstić information content (AvgIpc) is 2.48. The lowest BCUT2D eigenvalue weighted by Crippen LogP contribution is -2.29. The van der Waals surface area contributed by atoms with Crippen LogP contribution in [-0.2, 0) is 4.79 Å². The zero-order valence-electron chi connectivity index (χ0n) is 9.88. The molecular formula is C13H21NO. The third-order valence-electron chi connectivity index (χ3n) is 3.87. The molecule has 0 amide bonds. The quantitative estimate of drug-likeness (QED) is 0.616. The van der Waals surface area contributed by atoms with Crippen molar-refractivity contribution in [1.29, 1.82) is 0 Å². The Morgan fingerprint density at radius 1 is 1.13 bits per heavy atom. The Balaban J connectivity index is 2.15. The second-order valence-electron chi connectivity index (χ2n) is 5.29. The summed E-state index contributed by atoms with van der Waals surface area (Å²) in [7, 11) is 3.98. The van der Waals surface area contributed by atoms with E-state index in [1.54, 1.807) is 0 Å². The van der Waals surface area contributed by atoms with Gasteiger partial charge in [-0.3, -0.25) is 4.79 Å². The van der Waals surface area contributed by atoms with Gasteiger partial charge in [-0.05, 0) is 25.7 Å². The van der Waals surface area contributed by atoms with Crippen LogP contribution in [0.2, 0.25) is 0 Å². The van der Waals surface area contributed by atoms with E-state index in [-0.39, 0.29) is 5.41 Å². The van der Waals surface area contributed by atoms with Crippen LogP contribution in [0, 0.1) is 5.41 Å². The van der Waals surface area contributed by atoms with E-state index in [2.05, 4.69) is 0 Å². The number of carbonyl (C=O) groups is 1. The number of hydrogen-bond acceptors (Lipinski definition) is 2. The Hall–Kier alpha value is -0.790. The van der Waals surface area contributed by atoms with E-state index in [1.807, 2.05) is 25.2 Å². The molecule has 2 fully saturated rings. The molecule has 2 nitrogen and oxygen atoms in total. The van der Waals surface area contributed by atoms with Gasteiger partial charge in [-0.15, -0.1) is 0 Å². The van der Waals surface area contributed by atoms with Crippen LogP contribution in [0.4, 0.5) is 0 Å². The highest BCUT2D eigenvalue weighted by atomic mass is 16.1. The fourth-order valence-corrected chi connectivity index (χ4v) is 3.08. The van der Waals surface area contributed by atoms with E-state index >= 15 is 0 Å². The molecule has 0 heterocycles. The summed E-state index contributed by atoms with van der Waals surface area (Å²) < 4.78 is 0. The van der Waals surface area contributed by atoms with Gasteiger partial charge in [0.2, 0.25) is 0 Å². The van der Waals surface area contributed by atoms with Crippen LogP contribution in [0.5, 0.6) is 0 Å². The summed E-state index contributed by atoms with van der Waals surface area (Å²) in [6.45, 7) is 0. The SMILES string of the molecule is CN(C)/C=C1/CCC2(CCCCC2)C1=O. The van der Waals surface area contributed by atoms with Gasteiger partial charge in [0.05, 0.1) is 0 Å². The lowest BCUT2D eigenvalue weighted by Gasteiger charge is -2.31. The first-order valence-corrected chi connectivity index (χ1v) is 6.06. The van der Waals surface area contributed by atoms with E-state index in [4.69, 9.17) is 0 Å². The van der Waals surface area contributed by atoms with Gasteiger partial charge in [0.15, 0.2) is 5.78 Å². The molecule has 2 saturated carbocycles. The van der Waals surface area contributed by atoms with Crippen LogP contribution < -0.4 is 0 Å². The number of ketones is 1. The van der Waals surface area contributed by atoms with Crippen LogP contribution in [0.25, 0.3) is 0 Å². The van der Waals surface area contributed by atoms with E-state index < -0.39 is 0 Å². The van der Waals surface area contributed by atoms with Gasteiger partial charge in [0, 0.05) is 31.3 Å². The van der Waals surface area contributed by atoms with Crippen LogP contribution in [0.1, 0.15) is 44.9 Å². The maximum atomic E-state index is 12.3. The molecule has 15 heavy (non-hydrogen) atoms. The molecule has 0 aromatic heterocycles. The van der Waals surface area contributed by atoms with Gasteiger partial charge in [-0.1, -0.05) is 19.3 Å². The summed E-state index contributed by atoms with van der Waals surface area (Å²) in [5, 5.41) is 0. The zero-order valence-corrected chi connectivity index (χ0v) is 9.88. The summed E-state index contributed by atoms with van der Waals surface area (Å²) in [5.74, 6) is 0.455. The minimum absolute atomic E-state index is 0.0556. The number of allylic oxidation sites excluding steroid dienone is 1. The Kier molecular flexibility index (Phi) is 2.85. The predicted molar refractivity (Wildman–Crippen MR) is 61.5 cm³/mol. The zero-order chi connectivity index (χ0) is 10.9. The Morgan fingerprint density at radius 3 is 2.40 bits per heavy atom. The monoisotopic (exact) mass is 207 g/mol. The van der Waals surface area contributed by atoms with Crippen molar-refractivity contribution in [3.63, 3.8) is 0 Å². The maximum Gasteiger partial charge on any atom is 0.166 e. The fourth-order valence-electron chi connectivity index (χ4n) is 3.08. The molecule has 0 radical (unpaired) electrons. The second kappa shape index (κ2) is 3.99. The third-order valence-corrected chi connectivity index (χ3v) is 3.87. The first-order valence-electron chi connectivity index (χ1n) is 6.06. The second-order valence-corrected chi connectivity index (χ2v) is 5.29. The topological polar surface area (TPSA) is 20.3 Å². The summed E-state index contributed by atoms with van der Waals surface area (Å²) in [4.78, 5) is 14.3. The van der Waals surface area contributed by atoms with Crippen LogP contribution in [-0.4, -0.2) is 24.8 Å². The van der Waals surface area contributed by atoms with Gasteiger partial charge in [0.25, 0.3) is 0 Å². The van der Waals surface area contributed by atoms with E-state index in [0.29, 0.717) is 5.78 Å². The lowest BCUT2D eigenvalue weighted by atomic mass is 9.72. The molecule has 0 aromatic carbocycles. The van der Waals surface area contributed by atoms with Gasteiger partial charge in [0.1, 0.15) is 0 Å². The van der Waals surface area contributed by atoms with Crippen molar-refractivity contribution in [3.8, 4) is 0 Å². The third kappa shape index (κ3) is 1.95. The molecule has 2 rings (SSSR count). The average molecular weight is 207 g/mol. The molecule has 0 bridgehead atoms. The Morgan fingerprint density at radius 2 is 1.80 bits per heavy atom. The Bertz CT molecular complexity index is 285.